The lowest BCUT2D eigenvalue weighted by Gasteiger charge is -2.50. The van der Waals surface area contributed by atoms with Crippen LogP contribution < -0.4 is 5.32 Å². The standard InChI is InChI=1S/C12H24N2O3/c1-8-6-13-7-9(12(8,5)17)14(10(15)16)11(2,3)4/h8-9,13,17H,6-7H2,1-5H3,(H,15,16)/t8-,9+,12+/m0/s1. The summed E-state index contributed by atoms with van der Waals surface area (Å²) in [4.78, 5) is 12.8. The first-order valence-corrected chi connectivity index (χ1v) is 6.04. The van der Waals surface area contributed by atoms with E-state index < -0.39 is 23.3 Å². The Bertz CT molecular complexity index is 297. The number of carboxylic acid groups (broad SMARTS) is 1. The predicted molar refractivity (Wildman–Crippen MR) is 66.1 cm³/mol. The van der Waals surface area contributed by atoms with E-state index in [1.54, 1.807) is 6.92 Å². The van der Waals surface area contributed by atoms with Crippen LogP contribution in [0.25, 0.3) is 0 Å². The lowest BCUT2D eigenvalue weighted by molar-refractivity contribution is -0.0973. The molecule has 1 aliphatic heterocycles. The zero-order valence-electron chi connectivity index (χ0n) is 11.3. The van der Waals surface area contributed by atoms with Gasteiger partial charge in [-0.2, -0.15) is 0 Å². The maximum absolute atomic E-state index is 11.4. The maximum atomic E-state index is 11.4. The fourth-order valence-corrected chi connectivity index (χ4v) is 2.42. The molecule has 1 heterocycles. The van der Waals surface area contributed by atoms with Crippen LogP contribution in [0.1, 0.15) is 34.6 Å². The molecule has 3 atom stereocenters. The molecule has 1 saturated heterocycles. The molecule has 1 rings (SSSR count). The summed E-state index contributed by atoms with van der Waals surface area (Å²) < 4.78 is 0. The Morgan fingerprint density at radius 1 is 1.41 bits per heavy atom. The van der Waals surface area contributed by atoms with Gasteiger partial charge in [-0.25, -0.2) is 4.79 Å². The molecule has 1 amide bonds. The summed E-state index contributed by atoms with van der Waals surface area (Å²) in [5.41, 5.74) is -1.53. The summed E-state index contributed by atoms with van der Waals surface area (Å²) in [5.74, 6) is 0.0189. The van der Waals surface area contributed by atoms with E-state index in [-0.39, 0.29) is 5.92 Å². The highest BCUT2D eigenvalue weighted by atomic mass is 16.4. The smallest absolute Gasteiger partial charge is 0.408 e. The van der Waals surface area contributed by atoms with Crippen LogP contribution in [0.5, 0.6) is 0 Å². The zero-order chi connectivity index (χ0) is 13.4. The summed E-state index contributed by atoms with van der Waals surface area (Å²) in [7, 11) is 0. The van der Waals surface area contributed by atoms with Crippen molar-refractivity contribution in [2.24, 2.45) is 5.92 Å². The van der Waals surface area contributed by atoms with E-state index in [2.05, 4.69) is 5.32 Å². The van der Waals surface area contributed by atoms with Gasteiger partial charge in [-0.1, -0.05) is 6.92 Å². The topological polar surface area (TPSA) is 72.8 Å². The second-order valence-electron chi connectivity index (χ2n) is 6.12. The van der Waals surface area contributed by atoms with Crippen LogP contribution in [-0.2, 0) is 0 Å². The van der Waals surface area contributed by atoms with E-state index in [9.17, 15) is 15.0 Å². The quantitative estimate of drug-likeness (QED) is 0.646. The molecule has 0 unspecified atom stereocenters. The minimum absolute atomic E-state index is 0.0189. The zero-order valence-corrected chi connectivity index (χ0v) is 11.3. The van der Waals surface area contributed by atoms with Crippen molar-refractivity contribution in [2.75, 3.05) is 13.1 Å². The molecule has 1 fully saturated rings. The van der Waals surface area contributed by atoms with Gasteiger partial charge in [0, 0.05) is 18.6 Å². The Hall–Kier alpha value is -0.810. The minimum Gasteiger partial charge on any atom is -0.465 e. The van der Waals surface area contributed by atoms with E-state index in [0.717, 1.165) is 0 Å². The molecule has 17 heavy (non-hydrogen) atoms. The van der Waals surface area contributed by atoms with E-state index in [1.165, 1.54) is 4.90 Å². The van der Waals surface area contributed by atoms with Crippen molar-refractivity contribution in [3.63, 3.8) is 0 Å². The van der Waals surface area contributed by atoms with Crippen LogP contribution in [-0.4, -0.2) is 51.5 Å². The number of aliphatic hydroxyl groups is 1. The van der Waals surface area contributed by atoms with Gasteiger partial charge >= 0.3 is 6.09 Å². The summed E-state index contributed by atoms with van der Waals surface area (Å²) in [5, 5.41) is 23.1. The molecule has 0 aliphatic carbocycles. The van der Waals surface area contributed by atoms with Crippen LogP contribution in [0.4, 0.5) is 4.79 Å². The molecule has 5 nitrogen and oxygen atoms in total. The number of nitrogens with one attached hydrogen (secondary N) is 1. The van der Waals surface area contributed by atoms with Crippen molar-refractivity contribution in [3.05, 3.63) is 0 Å². The Morgan fingerprint density at radius 3 is 2.35 bits per heavy atom. The fraction of sp³-hybridized carbons (Fsp3) is 0.917. The molecular formula is C12H24N2O3. The lowest BCUT2D eigenvalue weighted by Crippen LogP contribution is -2.68. The normalized spacial score (nSPS) is 34.5. The van der Waals surface area contributed by atoms with E-state index >= 15 is 0 Å². The molecule has 3 N–H and O–H groups in total. The van der Waals surface area contributed by atoms with Crippen LogP contribution >= 0.6 is 0 Å². The van der Waals surface area contributed by atoms with Gasteiger partial charge in [0.05, 0.1) is 11.6 Å². The van der Waals surface area contributed by atoms with Crippen LogP contribution in [0, 0.1) is 5.92 Å². The molecule has 5 heteroatoms. The van der Waals surface area contributed by atoms with Crippen molar-refractivity contribution >= 4 is 6.09 Å². The largest absolute Gasteiger partial charge is 0.465 e. The van der Waals surface area contributed by atoms with Gasteiger partial charge < -0.3 is 15.5 Å². The van der Waals surface area contributed by atoms with Gasteiger partial charge in [0.2, 0.25) is 0 Å². The predicted octanol–water partition coefficient (Wildman–Crippen LogP) is 1.12. The van der Waals surface area contributed by atoms with Gasteiger partial charge in [-0.15, -0.1) is 0 Å². The molecule has 0 aromatic carbocycles. The molecule has 100 valence electrons. The fourth-order valence-electron chi connectivity index (χ4n) is 2.42. The summed E-state index contributed by atoms with van der Waals surface area (Å²) in [6.07, 6.45) is -0.987. The number of amides is 1. The molecule has 0 bridgehead atoms. The third-order valence-electron chi connectivity index (χ3n) is 3.70. The highest BCUT2D eigenvalue weighted by molar-refractivity contribution is 5.66. The summed E-state index contributed by atoms with van der Waals surface area (Å²) in [6, 6.07) is -0.427. The monoisotopic (exact) mass is 244 g/mol. The number of rotatable bonds is 1. The average molecular weight is 244 g/mol. The first-order chi connectivity index (χ1) is 7.58. The van der Waals surface area contributed by atoms with Crippen molar-refractivity contribution < 1.29 is 15.0 Å². The van der Waals surface area contributed by atoms with Crippen LogP contribution in [0.3, 0.4) is 0 Å². The molecule has 1 aliphatic rings. The third-order valence-corrected chi connectivity index (χ3v) is 3.70. The van der Waals surface area contributed by atoms with E-state index in [4.69, 9.17) is 0 Å². The Morgan fingerprint density at radius 2 is 1.94 bits per heavy atom. The Kier molecular flexibility index (Phi) is 3.74. The van der Waals surface area contributed by atoms with E-state index in [1.807, 2.05) is 27.7 Å². The number of piperidine rings is 1. The van der Waals surface area contributed by atoms with Gasteiger partial charge in [0.15, 0.2) is 0 Å². The Labute approximate surface area is 103 Å². The number of nitrogens with zero attached hydrogens (tertiary/aromatic N) is 1. The molecule has 0 saturated carbocycles. The van der Waals surface area contributed by atoms with Gasteiger partial charge in [-0.3, -0.25) is 4.90 Å². The van der Waals surface area contributed by atoms with Crippen LogP contribution in [0.2, 0.25) is 0 Å². The lowest BCUT2D eigenvalue weighted by atomic mass is 9.79. The van der Waals surface area contributed by atoms with Crippen molar-refractivity contribution in [2.45, 2.75) is 51.8 Å². The second-order valence-corrected chi connectivity index (χ2v) is 6.12. The van der Waals surface area contributed by atoms with Gasteiger partial charge in [0.25, 0.3) is 0 Å². The Balaban J connectivity index is 3.06. The first kappa shape index (κ1) is 14.3. The van der Waals surface area contributed by atoms with Gasteiger partial charge in [-0.05, 0) is 33.6 Å². The van der Waals surface area contributed by atoms with Crippen molar-refractivity contribution in [1.82, 2.24) is 10.2 Å². The number of hydrogen-bond acceptors (Lipinski definition) is 3. The van der Waals surface area contributed by atoms with E-state index in [0.29, 0.717) is 13.1 Å². The third kappa shape index (κ3) is 2.72. The number of hydrogen-bond donors (Lipinski definition) is 3. The molecule has 0 radical (unpaired) electrons. The SMILES string of the molecule is C[C@H]1CNC[C@@H](N(C(=O)O)C(C)(C)C)[C@]1(C)O. The summed E-state index contributed by atoms with van der Waals surface area (Å²) in [6.45, 7) is 10.4. The summed E-state index contributed by atoms with van der Waals surface area (Å²) >= 11 is 0. The molecule has 0 aromatic heterocycles. The highest BCUT2D eigenvalue weighted by Crippen LogP contribution is 2.31. The van der Waals surface area contributed by atoms with Gasteiger partial charge in [0.1, 0.15) is 0 Å². The highest BCUT2D eigenvalue weighted by Gasteiger charge is 2.47. The first-order valence-electron chi connectivity index (χ1n) is 6.04. The maximum Gasteiger partial charge on any atom is 0.408 e. The average Bonchev–Trinajstić information content (AvgIpc) is 2.10. The molecule has 0 aromatic rings. The molecular weight excluding hydrogens is 220 g/mol. The van der Waals surface area contributed by atoms with Crippen molar-refractivity contribution in [3.8, 4) is 0 Å². The molecule has 0 spiro atoms. The van der Waals surface area contributed by atoms with Crippen molar-refractivity contribution in [1.29, 1.82) is 0 Å². The minimum atomic E-state index is -1.00. The second kappa shape index (κ2) is 4.46. The number of carbonyl (C=O) groups is 1. The van der Waals surface area contributed by atoms with Crippen LogP contribution in [0.15, 0.2) is 0 Å².